The first-order valence-corrected chi connectivity index (χ1v) is 7.51. The van der Waals surface area contributed by atoms with Crippen LogP contribution in [0.25, 0.3) is 0 Å². The minimum atomic E-state index is 0.230. The standard InChI is InChI=1S/C16H22N2O2/c17-14-3-1-2-4-15(14)20-10-9-16(19)18(13-7-8-13)11-12-5-6-12/h1-4,12-13H,5-11,17H2. The summed E-state index contributed by atoms with van der Waals surface area (Å²) in [4.78, 5) is 14.4. The molecule has 4 heteroatoms. The number of hydrogen-bond acceptors (Lipinski definition) is 3. The highest BCUT2D eigenvalue weighted by Crippen LogP contribution is 2.35. The molecule has 0 saturated heterocycles. The topological polar surface area (TPSA) is 55.6 Å². The first kappa shape index (κ1) is 13.3. The van der Waals surface area contributed by atoms with Crippen LogP contribution in [0, 0.1) is 5.92 Å². The molecular weight excluding hydrogens is 252 g/mol. The molecule has 0 heterocycles. The lowest BCUT2D eigenvalue weighted by Gasteiger charge is -2.22. The van der Waals surface area contributed by atoms with Gasteiger partial charge in [-0.3, -0.25) is 4.79 Å². The molecule has 4 nitrogen and oxygen atoms in total. The fourth-order valence-corrected chi connectivity index (χ4v) is 2.42. The van der Waals surface area contributed by atoms with E-state index in [1.807, 2.05) is 18.2 Å². The minimum absolute atomic E-state index is 0.230. The third kappa shape index (κ3) is 3.44. The zero-order valence-electron chi connectivity index (χ0n) is 11.8. The molecule has 0 aromatic heterocycles. The summed E-state index contributed by atoms with van der Waals surface area (Å²) in [5, 5.41) is 0. The maximum atomic E-state index is 12.3. The first-order valence-electron chi connectivity index (χ1n) is 7.51. The van der Waals surface area contributed by atoms with Crippen molar-refractivity contribution in [2.75, 3.05) is 18.9 Å². The van der Waals surface area contributed by atoms with Crippen molar-refractivity contribution in [1.82, 2.24) is 4.90 Å². The zero-order chi connectivity index (χ0) is 13.9. The average Bonchev–Trinajstić information content (AvgIpc) is 3.31. The summed E-state index contributed by atoms with van der Waals surface area (Å²) < 4.78 is 5.61. The number of nitrogens with two attached hydrogens (primary N) is 1. The van der Waals surface area contributed by atoms with Gasteiger partial charge in [0, 0.05) is 12.6 Å². The number of rotatable bonds is 7. The van der Waals surface area contributed by atoms with E-state index in [0.717, 1.165) is 12.5 Å². The van der Waals surface area contributed by atoms with Crippen LogP contribution in [0.1, 0.15) is 32.1 Å². The third-order valence-electron chi connectivity index (χ3n) is 3.95. The van der Waals surface area contributed by atoms with Crippen LogP contribution in [-0.4, -0.2) is 30.0 Å². The fraction of sp³-hybridized carbons (Fsp3) is 0.562. The van der Waals surface area contributed by atoms with Gasteiger partial charge in [-0.1, -0.05) is 12.1 Å². The molecule has 2 aliphatic rings. The summed E-state index contributed by atoms with van der Waals surface area (Å²) in [5.41, 5.74) is 6.43. The quantitative estimate of drug-likeness (QED) is 0.777. The molecule has 108 valence electrons. The summed E-state index contributed by atoms with van der Waals surface area (Å²) in [7, 11) is 0. The van der Waals surface area contributed by atoms with Crippen LogP contribution in [0.3, 0.4) is 0 Å². The van der Waals surface area contributed by atoms with E-state index in [4.69, 9.17) is 10.5 Å². The normalized spacial score (nSPS) is 17.8. The molecule has 2 fully saturated rings. The molecule has 0 radical (unpaired) electrons. The Bertz CT molecular complexity index is 481. The van der Waals surface area contributed by atoms with Crippen LogP contribution >= 0.6 is 0 Å². The van der Waals surface area contributed by atoms with E-state index in [-0.39, 0.29) is 5.91 Å². The SMILES string of the molecule is Nc1ccccc1OCCC(=O)N(CC1CC1)C1CC1. The average molecular weight is 274 g/mol. The molecule has 1 amide bonds. The van der Waals surface area contributed by atoms with Crippen LogP contribution in [-0.2, 0) is 4.79 Å². The Morgan fingerprint density at radius 1 is 1.25 bits per heavy atom. The van der Waals surface area contributed by atoms with Gasteiger partial charge in [0.2, 0.25) is 5.91 Å². The van der Waals surface area contributed by atoms with Crippen molar-refractivity contribution in [2.24, 2.45) is 5.92 Å². The molecule has 0 unspecified atom stereocenters. The van der Waals surface area contributed by atoms with Gasteiger partial charge in [-0.15, -0.1) is 0 Å². The van der Waals surface area contributed by atoms with Gasteiger partial charge < -0.3 is 15.4 Å². The monoisotopic (exact) mass is 274 g/mol. The van der Waals surface area contributed by atoms with Crippen molar-refractivity contribution in [3.8, 4) is 5.75 Å². The van der Waals surface area contributed by atoms with Crippen molar-refractivity contribution >= 4 is 11.6 Å². The lowest BCUT2D eigenvalue weighted by Crippen LogP contribution is -2.35. The van der Waals surface area contributed by atoms with E-state index in [9.17, 15) is 4.79 Å². The zero-order valence-corrected chi connectivity index (χ0v) is 11.8. The molecular formula is C16H22N2O2. The third-order valence-corrected chi connectivity index (χ3v) is 3.95. The Morgan fingerprint density at radius 3 is 2.65 bits per heavy atom. The summed E-state index contributed by atoms with van der Waals surface area (Å²) in [6, 6.07) is 7.91. The van der Waals surface area contributed by atoms with Gasteiger partial charge in [0.15, 0.2) is 0 Å². The molecule has 2 aliphatic carbocycles. The molecule has 20 heavy (non-hydrogen) atoms. The van der Waals surface area contributed by atoms with Crippen molar-refractivity contribution in [2.45, 2.75) is 38.1 Å². The minimum Gasteiger partial charge on any atom is -0.491 e. The van der Waals surface area contributed by atoms with E-state index < -0.39 is 0 Å². The number of nitrogen functional groups attached to an aromatic ring is 1. The van der Waals surface area contributed by atoms with Crippen LogP contribution in [0.15, 0.2) is 24.3 Å². The number of anilines is 1. The van der Waals surface area contributed by atoms with Gasteiger partial charge in [-0.05, 0) is 43.7 Å². The predicted octanol–water partition coefficient (Wildman–Crippen LogP) is 2.44. The van der Waals surface area contributed by atoms with Gasteiger partial charge in [-0.25, -0.2) is 0 Å². The largest absolute Gasteiger partial charge is 0.491 e. The summed E-state index contributed by atoms with van der Waals surface area (Å²) in [6.07, 6.45) is 5.36. The predicted molar refractivity (Wildman–Crippen MR) is 78.4 cm³/mol. The number of carbonyl (C=O) groups excluding carboxylic acids is 1. The van der Waals surface area contributed by atoms with Crippen LogP contribution in [0.4, 0.5) is 5.69 Å². The van der Waals surface area contributed by atoms with E-state index in [1.54, 1.807) is 6.07 Å². The molecule has 3 rings (SSSR count). The van der Waals surface area contributed by atoms with Crippen LogP contribution < -0.4 is 10.5 Å². The summed E-state index contributed by atoms with van der Waals surface area (Å²) in [6.45, 7) is 1.36. The number of carbonyl (C=O) groups is 1. The Labute approximate surface area is 119 Å². The Kier molecular flexibility index (Phi) is 3.81. The maximum Gasteiger partial charge on any atom is 0.226 e. The van der Waals surface area contributed by atoms with Gasteiger partial charge in [0.05, 0.1) is 18.7 Å². The Hall–Kier alpha value is -1.71. The number of para-hydroxylation sites is 2. The highest BCUT2D eigenvalue weighted by Gasteiger charge is 2.36. The lowest BCUT2D eigenvalue weighted by molar-refractivity contribution is -0.132. The van der Waals surface area contributed by atoms with E-state index in [1.165, 1.54) is 25.7 Å². The Balaban J connectivity index is 1.47. The first-order chi connectivity index (χ1) is 9.74. The lowest BCUT2D eigenvalue weighted by atomic mass is 10.3. The van der Waals surface area contributed by atoms with Crippen molar-refractivity contribution in [3.63, 3.8) is 0 Å². The van der Waals surface area contributed by atoms with E-state index >= 15 is 0 Å². The number of ether oxygens (including phenoxy) is 1. The molecule has 1 aromatic carbocycles. The molecule has 0 spiro atoms. The summed E-state index contributed by atoms with van der Waals surface area (Å²) in [5.74, 6) is 1.65. The van der Waals surface area contributed by atoms with Crippen molar-refractivity contribution in [3.05, 3.63) is 24.3 Å². The van der Waals surface area contributed by atoms with Gasteiger partial charge in [-0.2, -0.15) is 0 Å². The fourth-order valence-electron chi connectivity index (χ4n) is 2.42. The second-order valence-corrected chi connectivity index (χ2v) is 5.86. The molecule has 0 atom stereocenters. The maximum absolute atomic E-state index is 12.3. The number of benzene rings is 1. The Morgan fingerprint density at radius 2 is 2.00 bits per heavy atom. The molecule has 0 bridgehead atoms. The van der Waals surface area contributed by atoms with Crippen LogP contribution in [0.5, 0.6) is 5.75 Å². The second-order valence-electron chi connectivity index (χ2n) is 5.86. The van der Waals surface area contributed by atoms with Crippen molar-refractivity contribution < 1.29 is 9.53 Å². The number of nitrogens with zero attached hydrogens (tertiary/aromatic N) is 1. The molecule has 1 aromatic rings. The number of hydrogen-bond donors (Lipinski definition) is 1. The molecule has 2 saturated carbocycles. The summed E-state index contributed by atoms with van der Waals surface area (Å²) >= 11 is 0. The second kappa shape index (κ2) is 5.73. The van der Waals surface area contributed by atoms with Crippen molar-refractivity contribution in [1.29, 1.82) is 0 Å². The smallest absolute Gasteiger partial charge is 0.226 e. The van der Waals surface area contributed by atoms with E-state index in [0.29, 0.717) is 30.5 Å². The molecule has 2 N–H and O–H groups in total. The van der Waals surface area contributed by atoms with Crippen LogP contribution in [0.2, 0.25) is 0 Å². The highest BCUT2D eigenvalue weighted by atomic mass is 16.5. The van der Waals surface area contributed by atoms with Gasteiger partial charge in [0.25, 0.3) is 0 Å². The highest BCUT2D eigenvalue weighted by molar-refractivity contribution is 5.77. The van der Waals surface area contributed by atoms with Gasteiger partial charge >= 0.3 is 0 Å². The molecule has 0 aliphatic heterocycles. The van der Waals surface area contributed by atoms with Gasteiger partial charge in [0.1, 0.15) is 5.75 Å². The number of amides is 1. The van der Waals surface area contributed by atoms with E-state index in [2.05, 4.69) is 4.90 Å².